The number of pyridine rings is 2. The summed E-state index contributed by atoms with van der Waals surface area (Å²) in [6, 6.07) is 3.63. The first-order valence-electron chi connectivity index (χ1n) is 13.4. The molecule has 38 heavy (non-hydrogen) atoms. The molecular weight excluding hydrogens is 483 g/mol. The van der Waals surface area contributed by atoms with Crippen LogP contribution in [-0.2, 0) is 11.2 Å². The number of likely N-dealkylation sites (N-methyl/N-ethyl adjacent to an activating group) is 1. The van der Waals surface area contributed by atoms with Crippen molar-refractivity contribution in [3.8, 4) is 17.1 Å². The molecule has 0 saturated heterocycles. The van der Waals surface area contributed by atoms with Crippen LogP contribution in [0.3, 0.4) is 0 Å². The second kappa shape index (κ2) is 12.3. The first kappa shape index (κ1) is 27.4. The molecule has 1 aliphatic carbocycles. The van der Waals surface area contributed by atoms with E-state index in [4.69, 9.17) is 14.7 Å². The quantitative estimate of drug-likeness (QED) is 0.309. The fraction of sp³-hybridized carbons (Fsp3) is 0.483. The second-order valence-electron chi connectivity index (χ2n) is 9.84. The number of anilines is 1. The molecule has 3 aromatic rings. The number of aryl methyl sites for hydroxylation is 2. The number of hydrogen-bond donors (Lipinski definition) is 1. The lowest BCUT2D eigenvalue weighted by Crippen LogP contribution is -2.38. The molecule has 4 rings (SSSR count). The van der Waals surface area contributed by atoms with Crippen molar-refractivity contribution in [2.45, 2.75) is 71.6 Å². The molecule has 202 valence electrons. The number of carbonyl (C=O) groups is 1. The third-order valence-corrected chi connectivity index (χ3v) is 7.05. The molecule has 3 aromatic heterocycles. The van der Waals surface area contributed by atoms with E-state index in [0.717, 1.165) is 59.5 Å². The molecule has 1 amide bonds. The van der Waals surface area contributed by atoms with Crippen molar-refractivity contribution in [1.29, 1.82) is 0 Å². The van der Waals surface area contributed by atoms with E-state index in [1.807, 2.05) is 20.0 Å². The number of halogens is 1. The van der Waals surface area contributed by atoms with E-state index in [1.54, 1.807) is 18.0 Å². The van der Waals surface area contributed by atoms with Crippen molar-refractivity contribution in [3.63, 3.8) is 0 Å². The van der Waals surface area contributed by atoms with Crippen LogP contribution in [0.4, 0.5) is 10.2 Å². The van der Waals surface area contributed by atoms with Gasteiger partial charge in [0.25, 0.3) is 0 Å². The molecule has 0 aliphatic heterocycles. The lowest BCUT2D eigenvalue weighted by Gasteiger charge is -2.26. The third-order valence-electron chi connectivity index (χ3n) is 7.05. The molecule has 3 heterocycles. The van der Waals surface area contributed by atoms with Crippen LogP contribution in [-0.4, -0.2) is 51.1 Å². The molecule has 1 N–H and O–H groups in total. The van der Waals surface area contributed by atoms with Crippen LogP contribution in [0.5, 0.6) is 5.88 Å². The number of hydrogen-bond acceptors (Lipinski definition) is 7. The zero-order valence-corrected chi connectivity index (χ0v) is 22.9. The van der Waals surface area contributed by atoms with E-state index in [1.165, 1.54) is 26.0 Å². The van der Waals surface area contributed by atoms with Crippen LogP contribution in [0, 0.1) is 12.7 Å². The molecule has 0 unspecified atom stereocenters. The fourth-order valence-corrected chi connectivity index (χ4v) is 4.50. The minimum Gasteiger partial charge on any atom is -0.481 e. The van der Waals surface area contributed by atoms with Gasteiger partial charge in [-0.1, -0.05) is 13.3 Å². The standard InChI is InChI=1S/C29H37FN6O2/c1-6-8-9-21-12-23(26-16-31-15-25(35-26)20-10-11-20)19(4)34-28(21)33-17-36(7-2)29(37)18(3)22-13-27(38-5)32-14-24(22)30/h12-16,18,20H,6-11,17H2,1-5H3,(H,33,34)/t18-/m1/s1. The first-order chi connectivity index (χ1) is 18.4. The maximum absolute atomic E-state index is 14.5. The van der Waals surface area contributed by atoms with E-state index in [9.17, 15) is 9.18 Å². The van der Waals surface area contributed by atoms with Crippen LogP contribution < -0.4 is 10.1 Å². The smallest absolute Gasteiger partial charge is 0.231 e. The zero-order chi connectivity index (χ0) is 27.2. The lowest BCUT2D eigenvalue weighted by molar-refractivity contribution is -0.132. The number of unbranched alkanes of at least 4 members (excludes halogenated alkanes) is 1. The van der Waals surface area contributed by atoms with Crippen LogP contribution >= 0.6 is 0 Å². The molecule has 9 heteroatoms. The Morgan fingerprint density at radius 2 is 2.00 bits per heavy atom. The van der Waals surface area contributed by atoms with E-state index in [-0.39, 0.29) is 24.0 Å². The maximum Gasteiger partial charge on any atom is 0.231 e. The zero-order valence-electron chi connectivity index (χ0n) is 22.9. The summed E-state index contributed by atoms with van der Waals surface area (Å²) in [6.45, 7) is 8.45. The molecule has 0 spiro atoms. The van der Waals surface area contributed by atoms with Crippen molar-refractivity contribution in [3.05, 3.63) is 59.1 Å². The van der Waals surface area contributed by atoms with Crippen molar-refractivity contribution in [1.82, 2.24) is 24.8 Å². The number of nitrogens with zero attached hydrogens (tertiary/aromatic N) is 5. The minimum atomic E-state index is -0.692. The predicted molar refractivity (Wildman–Crippen MR) is 146 cm³/mol. The number of aromatic nitrogens is 4. The van der Waals surface area contributed by atoms with Gasteiger partial charge in [-0.2, -0.15) is 0 Å². The maximum atomic E-state index is 14.5. The Labute approximate surface area is 224 Å². The highest BCUT2D eigenvalue weighted by Crippen LogP contribution is 2.39. The summed E-state index contributed by atoms with van der Waals surface area (Å²) in [5, 5.41) is 3.38. The molecule has 0 aromatic carbocycles. The van der Waals surface area contributed by atoms with Crippen molar-refractivity contribution in [2.75, 3.05) is 25.6 Å². The molecule has 1 saturated carbocycles. The highest BCUT2D eigenvalue weighted by atomic mass is 19.1. The van der Waals surface area contributed by atoms with Crippen LogP contribution in [0.2, 0.25) is 0 Å². The normalized spacial score (nSPS) is 13.7. The average Bonchev–Trinajstić information content (AvgIpc) is 3.78. The summed E-state index contributed by atoms with van der Waals surface area (Å²) in [6.07, 6.45) is 10.0. The van der Waals surface area contributed by atoms with Gasteiger partial charge in [-0.25, -0.2) is 19.3 Å². The molecule has 1 aliphatic rings. The Balaban J connectivity index is 1.55. The summed E-state index contributed by atoms with van der Waals surface area (Å²) in [5.41, 5.74) is 5.07. The highest BCUT2D eigenvalue weighted by Gasteiger charge is 2.27. The number of nitrogens with one attached hydrogen (secondary N) is 1. The van der Waals surface area contributed by atoms with E-state index >= 15 is 0 Å². The minimum absolute atomic E-state index is 0.192. The topological polar surface area (TPSA) is 93.1 Å². The predicted octanol–water partition coefficient (Wildman–Crippen LogP) is 5.63. The first-order valence-corrected chi connectivity index (χ1v) is 13.4. The lowest BCUT2D eigenvalue weighted by atomic mass is 10.0. The second-order valence-corrected chi connectivity index (χ2v) is 9.84. The van der Waals surface area contributed by atoms with Gasteiger partial charge >= 0.3 is 0 Å². The average molecular weight is 521 g/mol. The molecular formula is C29H37FN6O2. The van der Waals surface area contributed by atoms with Gasteiger partial charge in [-0.3, -0.25) is 9.78 Å². The van der Waals surface area contributed by atoms with Crippen molar-refractivity contribution in [2.24, 2.45) is 0 Å². The molecule has 1 atom stereocenters. The van der Waals surface area contributed by atoms with E-state index in [0.29, 0.717) is 12.5 Å². The summed E-state index contributed by atoms with van der Waals surface area (Å²) in [4.78, 5) is 33.1. The number of rotatable bonds is 12. The fourth-order valence-electron chi connectivity index (χ4n) is 4.50. The van der Waals surface area contributed by atoms with Crippen LogP contribution in [0.15, 0.2) is 30.7 Å². The number of carbonyl (C=O) groups excluding carboxylic acids is 1. The van der Waals surface area contributed by atoms with Gasteiger partial charge in [0.2, 0.25) is 11.8 Å². The SMILES string of the molecule is CCCCc1cc(-c2cncc(C3CC3)n2)c(C)nc1NCN(CC)C(=O)[C@H](C)c1cc(OC)ncc1F. The molecule has 8 nitrogen and oxygen atoms in total. The summed E-state index contributed by atoms with van der Waals surface area (Å²) in [7, 11) is 1.46. The number of methoxy groups -OCH3 is 1. The Kier molecular flexibility index (Phi) is 8.86. The number of amides is 1. The Morgan fingerprint density at radius 1 is 1.21 bits per heavy atom. The van der Waals surface area contributed by atoms with Gasteiger partial charge in [0.05, 0.1) is 43.5 Å². The molecule has 0 bridgehead atoms. The molecule has 0 radical (unpaired) electrons. The summed E-state index contributed by atoms with van der Waals surface area (Å²) >= 11 is 0. The summed E-state index contributed by atoms with van der Waals surface area (Å²) < 4.78 is 19.6. The Bertz CT molecular complexity index is 1280. The van der Waals surface area contributed by atoms with Crippen LogP contribution in [0.1, 0.15) is 80.8 Å². The Morgan fingerprint density at radius 3 is 2.68 bits per heavy atom. The highest BCUT2D eigenvalue weighted by molar-refractivity contribution is 5.83. The van der Waals surface area contributed by atoms with Gasteiger partial charge in [0, 0.05) is 41.5 Å². The summed E-state index contributed by atoms with van der Waals surface area (Å²) in [5.74, 6) is 0.138. The van der Waals surface area contributed by atoms with Crippen molar-refractivity contribution < 1.29 is 13.9 Å². The van der Waals surface area contributed by atoms with Gasteiger partial charge < -0.3 is 15.0 Å². The Hall–Kier alpha value is -3.62. The van der Waals surface area contributed by atoms with Crippen molar-refractivity contribution >= 4 is 11.7 Å². The van der Waals surface area contributed by atoms with Gasteiger partial charge in [0.15, 0.2) is 0 Å². The van der Waals surface area contributed by atoms with E-state index in [2.05, 4.69) is 28.3 Å². The molecule has 1 fully saturated rings. The monoisotopic (exact) mass is 520 g/mol. The van der Waals surface area contributed by atoms with Gasteiger partial charge in [-0.15, -0.1) is 0 Å². The van der Waals surface area contributed by atoms with Gasteiger partial charge in [-0.05, 0) is 58.1 Å². The largest absolute Gasteiger partial charge is 0.481 e. The van der Waals surface area contributed by atoms with Gasteiger partial charge in [0.1, 0.15) is 11.6 Å². The number of ether oxygens (including phenoxy) is 1. The van der Waals surface area contributed by atoms with E-state index < -0.39 is 11.7 Å². The third kappa shape index (κ3) is 6.26. The van der Waals surface area contributed by atoms with Crippen LogP contribution in [0.25, 0.3) is 11.3 Å².